The van der Waals surface area contributed by atoms with E-state index in [2.05, 4.69) is 16.5 Å². The molecule has 2 aliphatic heterocycles. The molecule has 0 saturated carbocycles. The number of aliphatic hydroxyl groups excluding tert-OH is 3. The summed E-state index contributed by atoms with van der Waals surface area (Å²) >= 11 is 1.38. The molecule has 0 amide bonds. The van der Waals surface area contributed by atoms with Crippen LogP contribution in [0.4, 0.5) is 5.82 Å². The lowest BCUT2D eigenvalue weighted by atomic mass is 10.1. The van der Waals surface area contributed by atoms with Crippen LogP contribution in [0.2, 0.25) is 0 Å². The van der Waals surface area contributed by atoms with Crippen LogP contribution < -0.4 is 4.90 Å². The van der Waals surface area contributed by atoms with Gasteiger partial charge in [0.25, 0.3) is 0 Å². The zero-order chi connectivity index (χ0) is 14.4. The fourth-order valence-corrected chi connectivity index (χ4v) is 3.22. The molecule has 8 heteroatoms. The Balaban J connectivity index is 1.96. The molecule has 3 rings (SSSR count). The third-order valence-electron chi connectivity index (χ3n) is 3.35. The number of hydrogen-bond acceptors (Lipinski definition) is 8. The van der Waals surface area contributed by atoms with Crippen molar-refractivity contribution in [3.8, 4) is 0 Å². The summed E-state index contributed by atoms with van der Waals surface area (Å²) in [6.45, 7) is 5.32. The van der Waals surface area contributed by atoms with Crippen LogP contribution in [0.5, 0.6) is 0 Å². The molecule has 0 aromatic carbocycles. The van der Waals surface area contributed by atoms with Gasteiger partial charge < -0.3 is 20.1 Å². The van der Waals surface area contributed by atoms with Crippen LogP contribution in [-0.4, -0.2) is 56.4 Å². The van der Waals surface area contributed by atoms with Crippen molar-refractivity contribution in [2.45, 2.75) is 36.4 Å². The zero-order valence-corrected chi connectivity index (χ0v) is 11.6. The topological polar surface area (TPSA) is 98.9 Å². The second-order valence-electron chi connectivity index (χ2n) is 4.70. The van der Waals surface area contributed by atoms with Gasteiger partial charge in [-0.25, -0.2) is 9.97 Å². The van der Waals surface area contributed by atoms with Crippen LogP contribution in [0.25, 0.3) is 0 Å². The maximum Gasteiger partial charge on any atom is 0.165 e. The average Bonchev–Trinajstić information content (AvgIpc) is 2.88. The third kappa shape index (κ3) is 2.00. The molecular formula is C12H15N3O4S. The summed E-state index contributed by atoms with van der Waals surface area (Å²) in [6, 6.07) is 0. The van der Waals surface area contributed by atoms with Crippen LogP contribution in [0.15, 0.2) is 22.7 Å². The van der Waals surface area contributed by atoms with Gasteiger partial charge in [-0.15, -0.1) is 0 Å². The quantitative estimate of drug-likeness (QED) is 0.679. The molecule has 0 spiro atoms. The van der Waals surface area contributed by atoms with E-state index in [0.717, 1.165) is 4.90 Å². The lowest BCUT2D eigenvalue weighted by molar-refractivity contribution is -0.0205. The summed E-state index contributed by atoms with van der Waals surface area (Å²) in [7, 11) is 0. The lowest BCUT2D eigenvalue weighted by Crippen LogP contribution is -2.42. The summed E-state index contributed by atoms with van der Waals surface area (Å²) in [4.78, 5) is 10.9. The van der Waals surface area contributed by atoms with Crippen molar-refractivity contribution in [3.63, 3.8) is 0 Å². The first-order chi connectivity index (χ1) is 9.52. The van der Waals surface area contributed by atoms with Crippen LogP contribution in [0, 0.1) is 6.92 Å². The number of nitrogens with zero attached hydrogens (tertiary/aromatic N) is 3. The highest BCUT2D eigenvalue weighted by atomic mass is 32.2. The molecule has 3 heterocycles. The molecule has 108 valence electrons. The van der Waals surface area contributed by atoms with E-state index >= 15 is 0 Å². The summed E-state index contributed by atoms with van der Waals surface area (Å²) in [6.07, 6.45) is -2.24. The van der Waals surface area contributed by atoms with Crippen molar-refractivity contribution >= 4 is 17.6 Å². The number of aryl methyl sites for hydroxylation is 1. The van der Waals surface area contributed by atoms with Crippen molar-refractivity contribution in [1.82, 2.24) is 9.97 Å². The fraction of sp³-hybridized carbons (Fsp3) is 0.500. The molecule has 2 aliphatic rings. The first-order valence-electron chi connectivity index (χ1n) is 6.15. The summed E-state index contributed by atoms with van der Waals surface area (Å²) in [5.41, 5.74) is 0. The maximum absolute atomic E-state index is 10.1. The molecule has 1 fully saturated rings. The lowest BCUT2D eigenvalue weighted by Gasteiger charge is -2.27. The number of aromatic nitrogens is 2. The summed E-state index contributed by atoms with van der Waals surface area (Å²) in [5.74, 6) is 1.19. The molecule has 4 atom stereocenters. The Hall–Kier alpha value is -1.19. The van der Waals surface area contributed by atoms with Crippen molar-refractivity contribution in [2.24, 2.45) is 0 Å². The molecule has 0 radical (unpaired) electrons. The van der Waals surface area contributed by atoms with Crippen LogP contribution >= 0.6 is 11.8 Å². The van der Waals surface area contributed by atoms with E-state index in [1.54, 1.807) is 18.0 Å². The van der Waals surface area contributed by atoms with Gasteiger partial charge in [-0.1, -0.05) is 18.3 Å². The summed E-state index contributed by atoms with van der Waals surface area (Å²) in [5, 5.41) is 29.7. The van der Waals surface area contributed by atoms with Gasteiger partial charge in [0.1, 0.15) is 24.1 Å². The van der Waals surface area contributed by atoms with Crippen molar-refractivity contribution in [2.75, 3.05) is 11.5 Å². The number of anilines is 1. The number of thioether (sulfide) groups is 1. The molecule has 0 bridgehead atoms. The van der Waals surface area contributed by atoms with Gasteiger partial charge >= 0.3 is 0 Å². The smallest absolute Gasteiger partial charge is 0.165 e. The molecule has 3 N–H and O–H groups in total. The average molecular weight is 297 g/mol. The van der Waals surface area contributed by atoms with Gasteiger partial charge in [0.2, 0.25) is 0 Å². The van der Waals surface area contributed by atoms with Gasteiger partial charge in [-0.3, -0.25) is 4.90 Å². The Morgan fingerprint density at radius 3 is 2.85 bits per heavy atom. The number of fused-ring (bicyclic) bond motifs is 1. The molecule has 20 heavy (non-hydrogen) atoms. The first-order valence-corrected chi connectivity index (χ1v) is 6.96. The largest absolute Gasteiger partial charge is 0.394 e. The Morgan fingerprint density at radius 2 is 2.20 bits per heavy atom. The third-order valence-corrected chi connectivity index (χ3v) is 4.29. The first kappa shape index (κ1) is 13.8. The van der Waals surface area contributed by atoms with Gasteiger partial charge in [-0.2, -0.15) is 0 Å². The minimum Gasteiger partial charge on any atom is -0.394 e. The monoisotopic (exact) mass is 297 g/mol. The Morgan fingerprint density at radius 1 is 1.45 bits per heavy atom. The molecule has 7 nitrogen and oxygen atoms in total. The van der Waals surface area contributed by atoms with Crippen LogP contribution in [0.3, 0.4) is 0 Å². The molecule has 1 aromatic rings. The number of rotatable bonds is 2. The van der Waals surface area contributed by atoms with E-state index < -0.39 is 24.5 Å². The second-order valence-corrected chi connectivity index (χ2v) is 5.81. The highest BCUT2D eigenvalue weighted by Gasteiger charge is 2.48. The van der Waals surface area contributed by atoms with Gasteiger partial charge in [0.15, 0.2) is 12.0 Å². The fourth-order valence-electron chi connectivity index (χ4n) is 2.34. The van der Waals surface area contributed by atoms with E-state index in [-0.39, 0.29) is 6.61 Å². The number of aliphatic hydroxyl groups is 3. The highest BCUT2D eigenvalue weighted by Crippen LogP contribution is 2.46. The van der Waals surface area contributed by atoms with Crippen molar-refractivity contribution in [1.29, 1.82) is 0 Å². The Bertz CT molecular complexity index is 556. The van der Waals surface area contributed by atoms with Crippen molar-refractivity contribution < 1.29 is 20.1 Å². The van der Waals surface area contributed by atoms with Gasteiger partial charge in [0.05, 0.1) is 16.5 Å². The molecule has 0 aliphatic carbocycles. The van der Waals surface area contributed by atoms with E-state index in [0.29, 0.717) is 16.7 Å². The molecule has 0 unspecified atom stereocenters. The van der Waals surface area contributed by atoms with Gasteiger partial charge in [-0.05, 0) is 6.92 Å². The van der Waals surface area contributed by atoms with E-state index in [1.165, 1.54) is 11.8 Å². The minimum absolute atomic E-state index is 0.363. The zero-order valence-electron chi connectivity index (χ0n) is 10.8. The standard InChI is InChI=1S/C12H15N3O4S/c1-5-13-3-8-11(14-5)15(6(2)20-8)12-10(18)9(17)7(4-16)19-12/h3,7,9-10,12,16-18H,2,4H2,1H3/t7-,9-,10-,12-/m1/s1. The van der Waals surface area contributed by atoms with E-state index in [9.17, 15) is 10.2 Å². The highest BCUT2D eigenvalue weighted by molar-refractivity contribution is 8.03. The van der Waals surface area contributed by atoms with Crippen LogP contribution in [-0.2, 0) is 4.74 Å². The maximum atomic E-state index is 10.1. The Labute approximate surface area is 119 Å². The molecular weight excluding hydrogens is 282 g/mol. The normalized spacial score (nSPS) is 32.8. The van der Waals surface area contributed by atoms with Gasteiger partial charge in [0, 0.05) is 6.20 Å². The second kappa shape index (κ2) is 4.97. The van der Waals surface area contributed by atoms with Crippen LogP contribution in [0.1, 0.15) is 5.82 Å². The molecule has 1 saturated heterocycles. The predicted octanol–water partition coefficient (Wildman–Crippen LogP) is -0.393. The SMILES string of the molecule is C=C1Sc2cnc(C)nc2N1[C@@H]1O[C@H](CO)[C@@H](O)[C@H]1O. The predicted molar refractivity (Wildman–Crippen MR) is 72.0 cm³/mol. The van der Waals surface area contributed by atoms with E-state index in [4.69, 9.17) is 9.84 Å². The minimum atomic E-state index is -1.15. The Kier molecular flexibility index (Phi) is 3.43. The molecule has 1 aromatic heterocycles. The number of hydrogen-bond donors (Lipinski definition) is 3. The van der Waals surface area contributed by atoms with Crippen molar-refractivity contribution in [3.05, 3.63) is 23.6 Å². The summed E-state index contributed by atoms with van der Waals surface area (Å²) < 4.78 is 5.53. The van der Waals surface area contributed by atoms with E-state index in [1.807, 2.05) is 0 Å². The number of ether oxygens (including phenoxy) is 1.